The summed E-state index contributed by atoms with van der Waals surface area (Å²) in [6.07, 6.45) is 7.63. The number of thiophene rings is 1. The van der Waals surface area contributed by atoms with E-state index in [0.717, 1.165) is 48.0 Å². The summed E-state index contributed by atoms with van der Waals surface area (Å²) >= 11 is 1.64. The van der Waals surface area contributed by atoms with Gasteiger partial charge >= 0.3 is 0 Å². The third-order valence-corrected chi connectivity index (χ3v) is 8.55. The Hall–Kier alpha value is -3.49. The highest BCUT2D eigenvalue weighted by Crippen LogP contribution is 2.28. The Morgan fingerprint density at radius 2 is 1.84 bits per heavy atom. The second-order valence-electron chi connectivity index (χ2n) is 10.2. The molecule has 198 valence electrons. The van der Waals surface area contributed by atoms with Gasteiger partial charge in [-0.3, -0.25) is 14.4 Å². The minimum Gasteiger partial charge on any atom is -0.344 e. The number of allylic oxidation sites excluding steroid dienone is 1. The maximum atomic E-state index is 13.6. The van der Waals surface area contributed by atoms with Crippen molar-refractivity contribution in [1.29, 1.82) is 0 Å². The van der Waals surface area contributed by atoms with Gasteiger partial charge in [0.2, 0.25) is 18.2 Å². The van der Waals surface area contributed by atoms with Crippen molar-refractivity contribution in [2.45, 2.75) is 44.3 Å². The quantitative estimate of drug-likeness (QED) is 0.239. The molecule has 1 aliphatic heterocycles. The largest absolute Gasteiger partial charge is 0.344 e. The summed E-state index contributed by atoms with van der Waals surface area (Å²) < 4.78 is 1.15. The first-order valence-corrected chi connectivity index (χ1v) is 14.2. The van der Waals surface area contributed by atoms with Crippen LogP contribution in [-0.2, 0) is 27.2 Å². The molecule has 2 aromatic carbocycles. The summed E-state index contributed by atoms with van der Waals surface area (Å²) in [6, 6.07) is 15.6. The van der Waals surface area contributed by atoms with E-state index in [2.05, 4.69) is 63.1 Å². The van der Waals surface area contributed by atoms with Crippen molar-refractivity contribution in [1.82, 2.24) is 21.3 Å². The lowest BCUT2D eigenvalue weighted by molar-refractivity contribution is -0.132. The molecule has 1 aromatic heterocycles. The third kappa shape index (κ3) is 6.31. The van der Waals surface area contributed by atoms with E-state index in [1.165, 1.54) is 11.1 Å². The summed E-state index contributed by atoms with van der Waals surface area (Å²) in [5, 5.41) is 15.3. The molecule has 1 unspecified atom stereocenters. The van der Waals surface area contributed by atoms with Crippen molar-refractivity contribution in [3.8, 4) is 0 Å². The van der Waals surface area contributed by atoms with E-state index in [-0.39, 0.29) is 23.7 Å². The molecule has 3 atom stereocenters. The Labute approximate surface area is 227 Å². The van der Waals surface area contributed by atoms with Gasteiger partial charge in [-0.05, 0) is 78.2 Å². The van der Waals surface area contributed by atoms with Crippen LogP contribution in [0.5, 0.6) is 0 Å². The van der Waals surface area contributed by atoms with Crippen LogP contribution in [0.1, 0.15) is 36.0 Å². The van der Waals surface area contributed by atoms with E-state index in [4.69, 9.17) is 0 Å². The Balaban J connectivity index is 1.30. The number of benzene rings is 2. The topological polar surface area (TPSA) is 99.3 Å². The molecule has 7 nitrogen and oxygen atoms in total. The third-order valence-electron chi connectivity index (χ3n) is 7.54. The SMILES string of the molecule is O=CN[C@@H](CC1C=Cc2ccccc2C1)NC(=O)[C@@H](Cc1csc2ccccc12)NC(=O)C1CCNCC1. The van der Waals surface area contributed by atoms with Crippen molar-refractivity contribution < 1.29 is 14.4 Å². The monoisotopic (exact) mass is 530 g/mol. The molecule has 8 heteroatoms. The van der Waals surface area contributed by atoms with Crippen LogP contribution in [0.25, 0.3) is 16.2 Å². The van der Waals surface area contributed by atoms with Gasteiger partial charge in [-0.2, -0.15) is 0 Å². The van der Waals surface area contributed by atoms with Crippen molar-refractivity contribution in [2.24, 2.45) is 11.8 Å². The maximum absolute atomic E-state index is 13.6. The van der Waals surface area contributed by atoms with E-state index < -0.39 is 12.2 Å². The highest BCUT2D eigenvalue weighted by molar-refractivity contribution is 7.17. The van der Waals surface area contributed by atoms with Crippen LogP contribution in [0.15, 0.2) is 60.0 Å². The first kappa shape index (κ1) is 26.1. The number of carbonyl (C=O) groups excluding carboxylic acids is 3. The summed E-state index contributed by atoms with van der Waals surface area (Å²) in [5.74, 6) is -0.312. The standard InChI is InChI=1S/C30H34N4O3S/c35-19-32-28(16-20-9-10-21-5-1-2-6-23(21)15-20)34-30(37)26(33-29(36)22-11-13-31-14-12-22)17-24-18-38-27-8-4-3-7-25(24)27/h1-10,18-20,22,26,28,31H,11-17H2,(H,32,35)(H,33,36)(H,34,37)/t20?,26-,28-/m1/s1. The normalized spacial score (nSPS) is 18.8. The van der Waals surface area contributed by atoms with E-state index >= 15 is 0 Å². The van der Waals surface area contributed by atoms with Crippen LogP contribution in [0.2, 0.25) is 0 Å². The zero-order valence-corrected chi connectivity index (χ0v) is 22.1. The number of nitrogens with one attached hydrogen (secondary N) is 4. The second-order valence-corrected chi connectivity index (χ2v) is 11.1. The Morgan fingerprint density at radius 1 is 1.05 bits per heavy atom. The molecular formula is C30H34N4O3S. The van der Waals surface area contributed by atoms with Crippen molar-refractivity contribution >= 4 is 45.7 Å². The molecule has 0 saturated carbocycles. The molecule has 0 bridgehead atoms. The molecule has 1 saturated heterocycles. The summed E-state index contributed by atoms with van der Waals surface area (Å²) in [7, 11) is 0. The second kappa shape index (κ2) is 12.4. The molecule has 2 heterocycles. The van der Waals surface area contributed by atoms with Gasteiger partial charge in [0, 0.05) is 17.0 Å². The van der Waals surface area contributed by atoms with Crippen LogP contribution < -0.4 is 21.3 Å². The number of rotatable bonds is 10. The summed E-state index contributed by atoms with van der Waals surface area (Å²) in [4.78, 5) is 38.2. The molecule has 3 aromatic rings. The average molecular weight is 531 g/mol. The van der Waals surface area contributed by atoms with E-state index in [1.807, 2.05) is 24.3 Å². The number of hydrogen-bond donors (Lipinski definition) is 4. The minimum absolute atomic E-state index is 0.0853. The van der Waals surface area contributed by atoms with Crippen LogP contribution in [0.3, 0.4) is 0 Å². The molecule has 38 heavy (non-hydrogen) atoms. The Morgan fingerprint density at radius 3 is 2.68 bits per heavy atom. The van der Waals surface area contributed by atoms with Gasteiger partial charge in [-0.15, -0.1) is 11.3 Å². The number of fused-ring (bicyclic) bond motifs is 2. The van der Waals surface area contributed by atoms with Crippen molar-refractivity contribution in [3.63, 3.8) is 0 Å². The number of carbonyl (C=O) groups is 3. The fraction of sp³-hybridized carbons (Fsp3) is 0.367. The maximum Gasteiger partial charge on any atom is 0.244 e. The van der Waals surface area contributed by atoms with E-state index in [1.54, 1.807) is 11.3 Å². The zero-order valence-electron chi connectivity index (χ0n) is 21.3. The van der Waals surface area contributed by atoms with Gasteiger partial charge in [0.15, 0.2) is 0 Å². The molecule has 1 fully saturated rings. The Bertz CT molecular complexity index is 1310. The van der Waals surface area contributed by atoms with Crippen LogP contribution >= 0.6 is 11.3 Å². The molecule has 0 spiro atoms. The molecule has 0 radical (unpaired) electrons. The predicted molar refractivity (Wildman–Crippen MR) is 151 cm³/mol. The van der Waals surface area contributed by atoms with E-state index in [9.17, 15) is 14.4 Å². The zero-order chi connectivity index (χ0) is 26.3. The lowest BCUT2D eigenvalue weighted by Gasteiger charge is -2.28. The van der Waals surface area contributed by atoms with Crippen LogP contribution in [0, 0.1) is 11.8 Å². The van der Waals surface area contributed by atoms with Gasteiger partial charge in [0.05, 0.1) is 0 Å². The van der Waals surface area contributed by atoms with Crippen molar-refractivity contribution in [3.05, 3.63) is 76.7 Å². The highest BCUT2D eigenvalue weighted by atomic mass is 32.1. The summed E-state index contributed by atoms with van der Waals surface area (Å²) in [6.45, 7) is 1.60. The first-order valence-electron chi connectivity index (χ1n) is 13.3. The first-order chi connectivity index (χ1) is 18.6. The van der Waals surface area contributed by atoms with Gasteiger partial charge < -0.3 is 21.3 Å². The minimum atomic E-state index is -0.742. The Kier molecular flexibility index (Phi) is 8.51. The predicted octanol–water partition coefficient (Wildman–Crippen LogP) is 3.39. The molecule has 4 N–H and O–H groups in total. The lowest BCUT2D eigenvalue weighted by atomic mass is 9.87. The smallest absolute Gasteiger partial charge is 0.244 e. The fourth-order valence-electron chi connectivity index (χ4n) is 5.45. The van der Waals surface area contributed by atoms with Gasteiger partial charge in [-0.1, -0.05) is 54.6 Å². The van der Waals surface area contributed by atoms with Crippen molar-refractivity contribution in [2.75, 3.05) is 13.1 Å². The molecular weight excluding hydrogens is 496 g/mol. The van der Waals surface area contributed by atoms with E-state index in [0.29, 0.717) is 19.3 Å². The van der Waals surface area contributed by atoms with Crippen LogP contribution in [-0.4, -0.2) is 43.5 Å². The number of amides is 3. The highest BCUT2D eigenvalue weighted by Gasteiger charge is 2.29. The van der Waals surface area contributed by atoms with Gasteiger partial charge in [-0.25, -0.2) is 0 Å². The molecule has 1 aliphatic carbocycles. The van der Waals surface area contributed by atoms with Crippen LogP contribution in [0.4, 0.5) is 0 Å². The van der Waals surface area contributed by atoms with Gasteiger partial charge in [0.25, 0.3) is 0 Å². The summed E-state index contributed by atoms with van der Waals surface area (Å²) in [5.41, 5.74) is 3.49. The number of piperidine rings is 1. The fourth-order valence-corrected chi connectivity index (χ4v) is 6.43. The molecule has 3 amide bonds. The molecule has 5 rings (SSSR count). The number of hydrogen-bond acceptors (Lipinski definition) is 5. The average Bonchev–Trinajstić information content (AvgIpc) is 3.36. The molecule has 2 aliphatic rings. The van der Waals surface area contributed by atoms with Gasteiger partial charge in [0.1, 0.15) is 12.2 Å². The lowest BCUT2D eigenvalue weighted by Crippen LogP contribution is -2.55.